The smallest absolute Gasteiger partial charge is 0.220 e. The molecule has 3 aliphatic rings. The number of unbranched alkanes of at least 4 members (excludes halogenated alkanes) is 15. The molecule has 0 radical (unpaired) electrons. The summed E-state index contributed by atoms with van der Waals surface area (Å²) in [6, 6.07) is -0.970. The van der Waals surface area contributed by atoms with Crippen molar-refractivity contribution >= 4 is 5.91 Å². The van der Waals surface area contributed by atoms with E-state index in [1.807, 2.05) is 6.08 Å². The predicted octanol–water partition coefficient (Wildman–Crippen LogP) is 0.861. The monoisotopic (exact) mass is 952 g/mol. The van der Waals surface area contributed by atoms with Crippen LogP contribution in [0, 0.1) is 0 Å². The van der Waals surface area contributed by atoms with Gasteiger partial charge in [-0.2, -0.15) is 0 Å². The molecule has 386 valence electrons. The summed E-state index contributed by atoms with van der Waals surface area (Å²) in [5.41, 5.74) is 0. The molecule has 3 heterocycles. The van der Waals surface area contributed by atoms with Gasteiger partial charge in [-0.3, -0.25) is 4.79 Å². The third kappa shape index (κ3) is 19.2. The first-order chi connectivity index (χ1) is 31.8. The van der Waals surface area contributed by atoms with Crippen molar-refractivity contribution in [2.45, 2.75) is 240 Å². The van der Waals surface area contributed by atoms with Crippen LogP contribution in [0.3, 0.4) is 0 Å². The Morgan fingerprint density at radius 1 is 0.530 bits per heavy atom. The van der Waals surface area contributed by atoms with E-state index in [0.29, 0.717) is 6.42 Å². The summed E-state index contributed by atoms with van der Waals surface area (Å²) in [6.45, 7) is 1.60. The molecule has 0 aromatic heterocycles. The van der Waals surface area contributed by atoms with Gasteiger partial charge in [0.15, 0.2) is 18.9 Å². The fourth-order valence-electron chi connectivity index (χ4n) is 8.30. The van der Waals surface area contributed by atoms with Gasteiger partial charge in [-0.05, 0) is 44.9 Å². The highest BCUT2D eigenvalue weighted by Crippen LogP contribution is 2.33. The normalized spacial score (nSPS) is 34.0. The van der Waals surface area contributed by atoms with Gasteiger partial charge < -0.3 is 89.9 Å². The number of ether oxygens (including phenoxy) is 6. The highest BCUT2D eigenvalue weighted by atomic mass is 16.8. The molecular weight excluding hydrogens is 867 g/mol. The summed E-state index contributed by atoms with van der Waals surface area (Å²) in [4.78, 5) is 13.1. The summed E-state index contributed by atoms with van der Waals surface area (Å²) >= 11 is 0. The van der Waals surface area contributed by atoms with Gasteiger partial charge in [0, 0.05) is 6.42 Å². The Morgan fingerprint density at radius 3 is 1.50 bits per heavy atom. The summed E-state index contributed by atoms with van der Waals surface area (Å²) in [5.74, 6) is -0.291. The lowest BCUT2D eigenvalue weighted by atomic mass is 9.96. The molecule has 3 fully saturated rings. The molecule has 3 saturated heterocycles. The molecule has 12 N–H and O–H groups in total. The molecule has 17 atom stereocenters. The van der Waals surface area contributed by atoms with Crippen molar-refractivity contribution in [2.75, 3.05) is 26.4 Å². The van der Waals surface area contributed by atoms with Crippen LogP contribution in [0.25, 0.3) is 0 Å². The second kappa shape index (κ2) is 33.0. The van der Waals surface area contributed by atoms with Crippen LogP contribution in [0.1, 0.15) is 136 Å². The molecule has 0 aromatic carbocycles. The number of hydrogen-bond acceptors (Lipinski definition) is 18. The Kier molecular flexibility index (Phi) is 29.3. The van der Waals surface area contributed by atoms with Gasteiger partial charge in [0.05, 0.1) is 38.6 Å². The number of rotatable bonds is 33. The van der Waals surface area contributed by atoms with Crippen LogP contribution in [-0.2, 0) is 33.2 Å². The molecule has 17 unspecified atom stereocenters. The van der Waals surface area contributed by atoms with E-state index < -0.39 is 124 Å². The Labute approximate surface area is 390 Å². The zero-order valence-corrected chi connectivity index (χ0v) is 39.2. The van der Waals surface area contributed by atoms with Crippen molar-refractivity contribution in [1.82, 2.24) is 5.32 Å². The van der Waals surface area contributed by atoms with Crippen molar-refractivity contribution < 1.29 is 89.4 Å². The maximum absolute atomic E-state index is 13.1. The third-order valence-corrected chi connectivity index (χ3v) is 12.5. The number of carbonyl (C=O) groups is 1. The average Bonchev–Trinajstić information content (AvgIpc) is 3.31. The van der Waals surface area contributed by atoms with Crippen LogP contribution in [0.4, 0.5) is 0 Å². The summed E-state index contributed by atoms with van der Waals surface area (Å²) in [6.07, 6.45) is 0.641. The Hall–Kier alpha value is -1.73. The van der Waals surface area contributed by atoms with E-state index in [-0.39, 0.29) is 18.9 Å². The largest absolute Gasteiger partial charge is 0.394 e. The molecular formula is C47H85NO18. The van der Waals surface area contributed by atoms with E-state index >= 15 is 0 Å². The zero-order valence-electron chi connectivity index (χ0n) is 39.2. The van der Waals surface area contributed by atoms with E-state index in [0.717, 1.165) is 64.2 Å². The van der Waals surface area contributed by atoms with Crippen LogP contribution in [0.15, 0.2) is 24.3 Å². The predicted molar refractivity (Wildman–Crippen MR) is 240 cm³/mol. The van der Waals surface area contributed by atoms with Crippen molar-refractivity contribution in [3.63, 3.8) is 0 Å². The molecule has 0 saturated carbocycles. The topological polar surface area (TPSA) is 307 Å². The highest BCUT2D eigenvalue weighted by molar-refractivity contribution is 5.76. The molecule has 0 bridgehead atoms. The molecule has 0 aromatic rings. The van der Waals surface area contributed by atoms with E-state index in [2.05, 4.69) is 31.3 Å². The van der Waals surface area contributed by atoms with Gasteiger partial charge in [0.1, 0.15) is 73.2 Å². The molecule has 1 amide bonds. The second-order valence-corrected chi connectivity index (χ2v) is 17.9. The minimum atomic E-state index is -1.97. The standard InChI is InChI=1S/C47H85NO18/c1-3-5-7-9-11-13-14-15-17-19-21-23-25-35(53)48-30(31(52)24-22-20-18-16-12-10-8-6-4-2)29-61-45-41(59)38(56)43(33(27-50)63-45)66-47-42(60)39(57)44(34(28-51)64-47)65-46-40(58)37(55)36(54)32(26-49)62-46/h11,13,22,24,30-34,36-47,49-52,54-60H,3-10,12,14-21,23,25-29H2,1-2H3,(H,48,53)/b13-11-,24-22+. The number of amides is 1. The van der Waals surface area contributed by atoms with Gasteiger partial charge in [0.2, 0.25) is 5.91 Å². The fourth-order valence-corrected chi connectivity index (χ4v) is 8.30. The molecule has 0 spiro atoms. The van der Waals surface area contributed by atoms with Crippen LogP contribution in [0.5, 0.6) is 0 Å². The maximum atomic E-state index is 13.1. The highest BCUT2D eigenvalue weighted by Gasteiger charge is 2.53. The number of allylic oxidation sites excluding steroid dienone is 3. The molecule has 19 nitrogen and oxygen atoms in total. The average molecular weight is 952 g/mol. The number of nitrogens with one attached hydrogen (secondary N) is 1. The molecule has 0 aliphatic carbocycles. The molecule has 19 heteroatoms. The number of aliphatic hydroxyl groups is 11. The van der Waals surface area contributed by atoms with Crippen LogP contribution < -0.4 is 5.32 Å². The minimum Gasteiger partial charge on any atom is -0.394 e. The van der Waals surface area contributed by atoms with Gasteiger partial charge >= 0.3 is 0 Å². The van der Waals surface area contributed by atoms with Crippen molar-refractivity contribution in [3.8, 4) is 0 Å². The first kappa shape index (κ1) is 58.6. The van der Waals surface area contributed by atoms with Crippen molar-refractivity contribution in [3.05, 3.63) is 24.3 Å². The maximum Gasteiger partial charge on any atom is 0.220 e. The Bertz CT molecular complexity index is 1330. The summed E-state index contributed by atoms with van der Waals surface area (Å²) < 4.78 is 34.0. The van der Waals surface area contributed by atoms with E-state index in [1.54, 1.807) is 6.08 Å². The third-order valence-electron chi connectivity index (χ3n) is 12.5. The fraction of sp³-hybridized carbons (Fsp3) is 0.894. The minimum absolute atomic E-state index is 0.233. The first-order valence-corrected chi connectivity index (χ1v) is 24.6. The van der Waals surface area contributed by atoms with E-state index in [1.165, 1.54) is 44.9 Å². The van der Waals surface area contributed by atoms with Gasteiger partial charge in [0.25, 0.3) is 0 Å². The van der Waals surface area contributed by atoms with E-state index in [9.17, 15) is 61.0 Å². The van der Waals surface area contributed by atoms with Gasteiger partial charge in [-0.25, -0.2) is 0 Å². The summed E-state index contributed by atoms with van der Waals surface area (Å²) in [5, 5.41) is 119. The second-order valence-electron chi connectivity index (χ2n) is 17.9. The van der Waals surface area contributed by atoms with Crippen molar-refractivity contribution in [1.29, 1.82) is 0 Å². The van der Waals surface area contributed by atoms with Crippen LogP contribution >= 0.6 is 0 Å². The van der Waals surface area contributed by atoms with Crippen molar-refractivity contribution in [2.24, 2.45) is 0 Å². The quantitative estimate of drug-likeness (QED) is 0.0321. The lowest BCUT2D eigenvalue weighted by molar-refractivity contribution is -0.379. The van der Waals surface area contributed by atoms with Crippen LogP contribution in [0.2, 0.25) is 0 Å². The SMILES string of the molecule is CCCCC/C=C\CCCCCCCC(=O)NC(COC1OC(CO)C(OC2OC(CO)C(OC3OC(CO)C(O)C(O)C3O)C(O)C2O)C(O)C1O)C(O)/C=C/CCCCCCCCC. The Morgan fingerprint density at radius 2 is 0.955 bits per heavy atom. The number of carbonyl (C=O) groups excluding carboxylic acids is 1. The summed E-state index contributed by atoms with van der Waals surface area (Å²) in [7, 11) is 0. The first-order valence-electron chi connectivity index (χ1n) is 24.6. The number of aliphatic hydroxyl groups excluding tert-OH is 11. The zero-order chi connectivity index (χ0) is 48.4. The van der Waals surface area contributed by atoms with E-state index in [4.69, 9.17) is 28.4 Å². The molecule has 3 rings (SSSR count). The molecule has 3 aliphatic heterocycles. The van der Waals surface area contributed by atoms with Gasteiger partial charge in [-0.15, -0.1) is 0 Å². The van der Waals surface area contributed by atoms with Crippen LogP contribution in [-0.4, -0.2) is 193 Å². The van der Waals surface area contributed by atoms with Gasteiger partial charge in [-0.1, -0.05) is 109 Å². The Balaban J connectivity index is 1.58. The lowest BCUT2D eigenvalue weighted by Crippen LogP contribution is -2.66. The lowest BCUT2D eigenvalue weighted by Gasteiger charge is -2.48. The number of hydrogen-bond donors (Lipinski definition) is 12. The molecule has 66 heavy (non-hydrogen) atoms.